The van der Waals surface area contributed by atoms with Gasteiger partial charge in [-0.15, -0.1) is 0 Å². The second-order valence-corrected chi connectivity index (χ2v) is 6.69. The van der Waals surface area contributed by atoms with Gasteiger partial charge in [0.25, 0.3) is 0 Å². The normalized spacial score (nSPS) is 18.7. The maximum Gasteiger partial charge on any atom is 0.153 e. The topological polar surface area (TPSA) is 78.8 Å². The molecule has 26 heavy (non-hydrogen) atoms. The van der Waals surface area contributed by atoms with E-state index in [4.69, 9.17) is 5.73 Å². The highest BCUT2D eigenvalue weighted by molar-refractivity contribution is 5.66. The van der Waals surface area contributed by atoms with Crippen molar-refractivity contribution in [2.24, 2.45) is 5.73 Å². The predicted octanol–water partition coefficient (Wildman–Crippen LogP) is 3.45. The van der Waals surface area contributed by atoms with E-state index >= 15 is 0 Å². The second kappa shape index (κ2) is 6.35. The van der Waals surface area contributed by atoms with Crippen LogP contribution in [0.1, 0.15) is 34.9 Å². The summed E-state index contributed by atoms with van der Waals surface area (Å²) in [7, 11) is 0. The summed E-state index contributed by atoms with van der Waals surface area (Å²) in [6.45, 7) is 4.12. The van der Waals surface area contributed by atoms with Gasteiger partial charge in [-0.3, -0.25) is 5.10 Å². The number of H-pyrrole nitrogens is 1. The van der Waals surface area contributed by atoms with Gasteiger partial charge >= 0.3 is 0 Å². The SMILES string of the molecule is CCc1cccc(C2(N)NC(Nc3cc(C)[nH]n3)=Cc3ccccc32)c1. The van der Waals surface area contributed by atoms with Crippen LogP contribution in [0.3, 0.4) is 0 Å². The standard InChI is InChI=1S/C21H23N5/c1-3-15-7-6-9-17(12-15)21(22)18-10-5-4-8-16(18)13-19(24-21)23-20-11-14(2)25-26-20/h4-13,24H,3,22H2,1-2H3,(H2,23,25,26). The number of aryl methyl sites for hydroxylation is 2. The Hall–Kier alpha value is -3.05. The highest BCUT2D eigenvalue weighted by atomic mass is 15.3. The number of anilines is 1. The Labute approximate surface area is 153 Å². The first-order valence-corrected chi connectivity index (χ1v) is 8.85. The van der Waals surface area contributed by atoms with Gasteiger partial charge < -0.3 is 16.4 Å². The highest BCUT2D eigenvalue weighted by Crippen LogP contribution is 2.33. The van der Waals surface area contributed by atoms with Crippen molar-refractivity contribution in [3.63, 3.8) is 0 Å². The zero-order valence-corrected chi connectivity index (χ0v) is 15.0. The van der Waals surface area contributed by atoms with E-state index < -0.39 is 5.66 Å². The molecule has 2 heterocycles. The van der Waals surface area contributed by atoms with Gasteiger partial charge in [-0.2, -0.15) is 5.10 Å². The number of fused-ring (bicyclic) bond motifs is 1. The number of hydrogen-bond donors (Lipinski definition) is 4. The third-order valence-electron chi connectivity index (χ3n) is 4.78. The van der Waals surface area contributed by atoms with Crippen LogP contribution < -0.4 is 16.4 Å². The van der Waals surface area contributed by atoms with Crippen LogP contribution in [0.25, 0.3) is 6.08 Å². The van der Waals surface area contributed by atoms with Crippen molar-refractivity contribution in [3.8, 4) is 0 Å². The van der Waals surface area contributed by atoms with E-state index in [1.807, 2.05) is 25.1 Å². The maximum atomic E-state index is 6.94. The maximum absolute atomic E-state index is 6.94. The van der Waals surface area contributed by atoms with Gasteiger partial charge in [0.05, 0.1) is 0 Å². The third-order valence-corrected chi connectivity index (χ3v) is 4.78. The van der Waals surface area contributed by atoms with Crippen LogP contribution in [0.4, 0.5) is 5.82 Å². The molecule has 0 saturated carbocycles. The molecule has 5 heteroatoms. The largest absolute Gasteiger partial charge is 0.346 e. The number of rotatable bonds is 4. The molecule has 4 rings (SSSR count). The van der Waals surface area contributed by atoms with Crippen LogP contribution in [0.2, 0.25) is 0 Å². The summed E-state index contributed by atoms with van der Waals surface area (Å²) in [6, 6.07) is 18.6. The summed E-state index contributed by atoms with van der Waals surface area (Å²) < 4.78 is 0. The number of nitrogens with zero attached hydrogens (tertiary/aromatic N) is 1. The molecule has 5 nitrogen and oxygen atoms in total. The Morgan fingerprint density at radius 2 is 1.96 bits per heavy atom. The van der Waals surface area contributed by atoms with Crippen molar-refractivity contribution in [1.29, 1.82) is 0 Å². The van der Waals surface area contributed by atoms with Gasteiger partial charge in [0.1, 0.15) is 11.5 Å². The van der Waals surface area contributed by atoms with Crippen LogP contribution in [0, 0.1) is 6.92 Å². The molecule has 0 bridgehead atoms. The molecule has 0 fully saturated rings. The molecule has 1 aliphatic heterocycles. The quantitative estimate of drug-likeness (QED) is 0.584. The summed E-state index contributed by atoms with van der Waals surface area (Å²) in [5.41, 5.74) is 11.6. The fourth-order valence-corrected chi connectivity index (χ4v) is 3.40. The third kappa shape index (κ3) is 2.86. The molecule has 0 aliphatic carbocycles. The Balaban J connectivity index is 1.78. The number of nitrogens with two attached hydrogens (primary N) is 1. The minimum atomic E-state index is -0.815. The van der Waals surface area contributed by atoms with Crippen molar-refractivity contribution in [1.82, 2.24) is 15.5 Å². The lowest BCUT2D eigenvalue weighted by molar-refractivity contribution is 0.457. The summed E-state index contributed by atoms with van der Waals surface area (Å²) in [5, 5.41) is 14.0. The van der Waals surface area contributed by atoms with Crippen LogP contribution in [0.15, 0.2) is 60.4 Å². The highest BCUT2D eigenvalue weighted by Gasteiger charge is 2.35. The molecule has 1 atom stereocenters. The molecule has 0 amide bonds. The van der Waals surface area contributed by atoms with E-state index in [1.165, 1.54) is 5.56 Å². The number of hydrogen-bond acceptors (Lipinski definition) is 4. The van der Waals surface area contributed by atoms with Gasteiger partial charge in [-0.25, -0.2) is 0 Å². The van der Waals surface area contributed by atoms with Crippen molar-refractivity contribution >= 4 is 11.9 Å². The first-order valence-electron chi connectivity index (χ1n) is 8.85. The lowest BCUT2D eigenvalue weighted by atomic mass is 9.85. The fourth-order valence-electron chi connectivity index (χ4n) is 3.40. The van der Waals surface area contributed by atoms with Gasteiger partial charge in [0.15, 0.2) is 5.82 Å². The molecule has 0 saturated heterocycles. The first kappa shape index (κ1) is 16.4. The van der Waals surface area contributed by atoms with Crippen LogP contribution in [-0.2, 0) is 12.1 Å². The fraction of sp³-hybridized carbons (Fsp3) is 0.190. The zero-order valence-electron chi connectivity index (χ0n) is 15.0. The molecule has 1 unspecified atom stereocenters. The van der Waals surface area contributed by atoms with E-state index in [2.05, 4.69) is 70.2 Å². The molecule has 0 spiro atoms. The van der Waals surface area contributed by atoms with Crippen LogP contribution >= 0.6 is 0 Å². The molecular weight excluding hydrogens is 322 g/mol. The van der Waals surface area contributed by atoms with E-state index in [-0.39, 0.29) is 0 Å². The Morgan fingerprint density at radius 3 is 2.73 bits per heavy atom. The molecular formula is C21H23N5. The predicted molar refractivity (Wildman–Crippen MR) is 105 cm³/mol. The molecule has 5 N–H and O–H groups in total. The molecule has 132 valence electrons. The van der Waals surface area contributed by atoms with Crippen molar-refractivity contribution < 1.29 is 0 Å². The molecule has 1 aromatic heterocycles. The van der Waals surface area contributed by atoms with E-state index in [0.29, 0.717) is 0 Å². The average molecular weight is 345 g/mol. The average Bonchev–Trinajstić information content (AvgIpc) is 3.06. The smallest absolute Gasteiger partial charge is 0.153 e. The van der Waals surface area contributed by atoms with E-state index in [9.17, 15) is 0 Å². The van der Waals surface area contributed by atoms with Gasteiger partial charge in [-0.1, -0.05) is 55.5 Å². The van der Waals surface area contributed by atoms with E-state index in [0.717, 1.165) is 40.4 Å². The first-order chi connectivity index (χ1) is 12.6. The lowest BCUT2D eigenvalue weighted by Crippen LogP contribution is -2.53. The minimum absolute atomic E-state index is 0.755. The monoisotopic (exact) mass is 345 g/mol. The molecule has 1 aliphatic rings. The summed E-state index contributed by atoms with van der Waals surface area (Å²) >= 11 is 0. The molecule has 3 aromatic rings. The number of benzene rings is 2. The van der Waals surface area contributed by atoms with Crippen molar-refractivity contribution in [2.75, 3.05) is 5.32 Å². The van der Waals surface area contributed by atoms with Gasteiger partial charge in [0.2, 0.25) is 0 Å². The van der Waals surface area contributed by atoms with E-state index in [1.54, 1.807) is 0 Å². The number of nitrogens with one attached hydrogen (secondary N) is 3. The molecule has 0 radical (unpaired) electrons. The zero-order chi connectivity index (χ0) is 18.1. The van der Waals surface area contributed by atoms with Gasteiger partial charge in [0, 0.05) is 17.3 Å². The number of aromatic amines is 1. The molecule has 2 aromatic carbocycles. The van der Waals surface area contributed by atoms with Crippen LogP contribution in [-0.4, -0.2) is 10.2 Å². The van der Waals surface area contributed by atoms with Crippen LogP contribution in [0.5, 0.6) is 0 Å². The Morgan fingerprint density at radius 1 is 1.12 bits per heavy atom. The minimum Gasteiger partial charge on any atom is -0.346 e. The lowest BCUT2D eigenvalue weighted by Gasteiger charge is -2.38. The summed E-state index contributed by atoms with van der Waals surface area (Å²) in [6.07, 6.45) is 3.03. The van der Waals surface area contributed by atoms with Crippen molar-refractivity contribution in [3.05, 3.63) is 88.4 Å². The Bertz CT molecular complexity index is 972. The summed E-state index contributed by atoms with van der Waals surface area (Å²) in [4.78, 5) is 0. The van der Waals surface area contributed by atoms with Gasteiger partial charge in [-0.05, 0) is 36.1 Å². The second-order valence-electron chi connectivity index (χ2n) is 6.69. The number of aromatic nitrogens is 2. The summed E-state index contributed by atoms with van der Waals surface area (Å²) in [5.74, 6) is 1.57. The Kier molecular flexibility index (Phi) is 4.01. The van der Waals surface area contributed by atoms with Crippen molar-refractivity contribution in [2.45, 2.75) is 25.9 Å².